The molecule has 20 heavy (non-hydrogen) atoms. The predicted molar refractivity (Wildman–Crippen MR) is 71.6 cm³/mol. The standard InChI is InChI=1S/C14H20N2O4/c1-8(2)12-11(9(3)15-20-12)13(17)16-6-4-5-10(7-16)14(18)19/h8,10H,4-7H2,1-3H3,(H,18,19)/t10-/m1/s1. The Morgan fingerprint density at radius 1 is 1.45 bits per heavy atom. The number of hydrogen-bond donors (Lipinski definition) is 1. The van der Waals surface area contributed by atoms with Gasteiger partial charge in [0.1, 0.15) is 5.56 Å². The number of carbonyl (C=O) groups is 2. The van der Waals surface area contributed by atoms with Gasteiger partial charge in [0.2, 0.25) is 0 Å². The highest BCUT2D eigenvalue weighted by Gasteiger charge is 2.32. The van der Waals surface area contributed by atoms with Gasteiger partial charge < -0.3 is 14.5 Å². The molecular weight excluding hydrogens is 260 g/mol. The van der Waals surface area contributed by atoms with Crippen molar-refractivity contribution in [3.8, 4) is 0 Å². The normalized spacial score (nSPS) is 19.4. The van der Waals surface area contributed by atoms with Crippen LogP contribution >= 0.6 is 0 Å². The SMILES string of the molecule is Cc1noc(C(C)C)c1C(=O)N1CCC[C@@H](C(=O)O)C1. The summed E-state index contributed by atoms with van der Waals surface area (Å²) in [5.41, 5.74) is 1.06. The third-order valence-corrected chi connectivity index (χ3v) is 3.69. The molecule has 1 N–H and O–H groups in total. The van der Waals surface area contributed by atoms with Crippen LogP contribution in [0.15, 0.2) is 4.52 Å². The smallest absolute Gasteiger partial charge is 0.308 e. The number of carboxylic acid groups (broad SMARTS) is 1. The maximum absolute atomic E-state index is 12.6. The molecule has 110 valence electrons. The summed E-state index contributed by atoms with van der Waals surface area (Å²) in [5.74, 6) is -0.845. The Morgan fingerprint density at radius 2 is 2.15 bits per heavy atom. The van der Waals surface area contributed by atoms with E-state index < -0.39 is 11.9 Å². The number of carboxylic acids is 1. The number of rotatable bonds is 3. The minimum absolute atomic E-state index is 0.0650. The quantitative estimate of drug-likeness (QED) is 0.916. The molecule has 1 aliphatic rings. The minimum atomic E-state index is -0.839. The third-order valence-electron chi connectivity index (χ3n) is 3.69. The van der Waals surface area contributed by atoms with Gasteiger partial charge >= 0.3 is 5.97 Å². The molecule has 1 fully saturated rings. The van der Waals surface area contributed by atoms with Crippen molar-refractivity contribution < 1.29 is 19.2 Å². The van der Waals surface area contributed by atoms with Crippen LogP contribution in [0, 0.1) is 12.8 Å². The van der Waals surface area contributed by atoms with Gasteiger partial charge in [0.25, 0.3) is 5.91 Å². The van der Waals surface area contributed by atoms with Crippen LogP contribution in [-0.4, -0.2) is 40.1 Å². The van der Waals surface area contributed by atoms with E-state index in [1.54, 1.807) is 11.8 Å². The van der Waals surface area contributed by atoms with Gasteiger partial charge in [-0.25, -0.2) is 0 Å². The number of carbonyl (C=O) groups excluding carboxylic acids is 1. The van der Waals surface area contributed by atoms with Crippen molar-refractivity contribution in [1.29, 1.82) is 0 Å². The number of hydrogen-bond acceptors (Lipinski definition) is 4. The summed E-state index contributed by atoms with van der Waals surface area (Å²) in [6.45, 7) is 6.46. The molecule has 2 heterocycles. The Bertz CT molecular complexity index is 521. The molecule has 1 atom stereocenters. The Morgan fingerprint density at radius 3 is 2.75 bits per heavy atom. The van der Waals surface area contributed by atoms with E-state index in [2.05, 4.69) is 5.16 Å². The number of piperidine rings is 1. The van der Waals surface area contributed by atoms with E-state index in [0.717, 1.165) is 0 Å². The van der Waals surface area contributed by atoms with E-state index in [0.29, 0.717) is 36.4 Å². The molecule has 1 aliphatic heterocycles. The highest BCUT2D eigenvalue weighted by molar-refractivity contribution is 5.96. The van der Waals surface area contributed by atoms with Crippen LogP contribution in [0.2, 0.25) is 0 Å². The van der Waals surface area contributed by atoms with E-state index in [1.165, 1.54) is 0 Å². The van der Waals surface area contributed by atoms with E-state index in [-0.39, 0.29) is 18.4 Å². The van der Waals surface area contributed by atoms with Crippen LogP contribution in [0.4, 0.5) is 0 Å². The van der Waals surface area contributed by atoms with Gasteiger partial charge in [-0.1, -0.05) is 19.0 Å². The molecule has 0 bridgehead atoms. The number of aryl methyl sites for hydroxylation is 1. The van der Waals surface area contributed by atoms with Crippen molar-refractivity contribution in [2.45, 2.75) is 39.5 Å². The van der Waals surface area contributed by atoms with Gasteiger partial charge in [0.05, 0.1) is 11.6 Å². The van der Waals surface area contributed by atoms with Crippen molar-refractivity contribution in [3.05, 3.63) is 17.0 Å². The fourth-order valence-corrected chi connectivity index (χ4v) is 2.56. The molecule has 1 saturated heterocycles. The van der Waals surface area contributed by atoms with E-state index in [9.17, 15) is 9.59 Å². The maximum atomic E-state index is 12.6. The fourth-order valence-electron chi connectivity index (χ4n) is 2.56. The highest BCUT2D eigenvalue weighted by atomic mass is 16.5. The molecule has 1 aromatic heterocycles. The second kappa shape index (κ2) is 5.64. The van der Waals surface area contributed by atoms with Crippen LogP contribution in [0.3, 0.4) is 0 Å². The summed E-state index contributed by atoms with van der Waals surface area (Å²) in [6.07, 6.45) is 1.34. The minimum Gasteiger partial charge on any atom is -0.481 e. The Kier molecular flexibility index (Phi) is 4.11. The Hall–Kier alpha value is -1.85. The number of nitrogens with zero attached hydrogens (tertiary/aromatic N) is 2. The summed E-state index contributed by atoms with van der Waals surface area (Å²) >= 11 is 0. The average molecular weight is 280 g/mol. The molecule has 0 unspecified atom stereocenters. The largest absolute Gasteiger partial charge is 0.481 e. The lowest BCUT2D eigenvalue weighted by Gasteiger charge is -2.30. The zero-order chi connectivity index (χ0) is 14.9. The maximum Gasteiger partial charge on any atom is 0.308 e. The molecule has 6 nitrogen and oxygen atoms in total. The van der Waals surface area contributed by atoms with Crippen molar-refractivity contribution in [3.63, 3.8) is 0 Å². The lowest BCUT2D eigenvalue weighted by Crippen LogP contribution is -2.42. The van der Waals surface area contributed by atoms with Crippen LogP contribution in [0.25, 0.3) is 0 Å². The summed E-state index contributed by atoms with van der Waals surface area (Å²) in [6, 6.07) is 0. The van der Waals surface area contributed by atoms with E-state index in [4.69, 9.17) is 9.63 Å². The van der Waals surface area contributed by atoms with Crippen LogP contribution in [0.5, 0.6) is 0 Å². The average Bonchev–Trinajstić information content (AvgIpc) is 2.80. The van der Waals surface area contributed by atoms with E-state index in [1.807, 2.05) is 13.8 Å². The number of aliphatic carboxylic acids is 1. The molecule has 0 radical (unpaired) electrons. The van der Waals surface area contributed by atoms with Gasteiger partial charge in [0, 0.05) is 19.0 Å². The lowest BCUT2D eigenvalue weighted by atomic mass is 9.96. The van der Waals surface area contributed by atoms with Gasteiger partial charge in [0.15, 0.2) is 5.76 Å². The van der Waals surface area contributed by atoms with Crippen molar-refractivity contribution >= 4 is 11.9 Å². The van der Waals surface area contributed by atoms with Crippen LogP contribution < -0.4 is 0 Å². The molecule has 2 rings (SSSR count). The van der Waals surface area contributed by atoms with Crippen LogP contribution in [0.1, 0.15) is 54.4 Å². The van der Waals surface area contributed by atoms with Gasteiger partial charge in [-0.05, 0) is 19.8 Å². The Balaban J connectivity index is 2.23. The monoisotopic (exact) mass is 280 g/mol. The van der Waals surface area contributed by atoms with Crippen molar-refractivity contribution in [2.75, 3.05) is 13.1 Å². The van der Waals surface area contributed by atoms with Crippen molar-refractivity contribution in [2.24, 2.45) is 5.92 Å². The predicted octanol–water partition coefficient (Wildman–Crippen LogP) is 2.04. The first-order valence-electron chi connectivity index (χ1n) is 6.90. The summed E-state index contributed by atoms with van der Waals surface area (Å²) in [4.78, 5) is 25.3. The van der Waals surface area contributed by atoms with Crippen LogP contribution in [-0.2, 0) is 4.79 Å². The number of aromatic nitrogens is 1. The molecule has 1 amide bonds. The fraction of sp³-hybridized carbons (Fsp3) is 0.643. The zero-order valence-corrected chi connectivity index (χ0v) is 12.0. The second-order valence-electron chi connectivity index (χ2n) is 5.59. The summed E-state index contributed by atoms with van der Waals surface area (Å²) in [5, 5.41) is 13.0. The summed E-state index contributed by atoms with van der Waals surface area (Å²) < 4.78 is 5.23. The first-order chi connectivity index (χ1) is 9.41. The topological polar surface area (TPSA) is 83.6 Å². The zero-order valence-electron chi connectivity index (χ0n) is 12.0. The first kappa shape index (κ1) is 14.6. The summed E-state index contributed by atoms with van der Waals surface area (Å²) in [7, 11) is 0. The van der Waals surface area contributed by atoms with Crippen molar-refractivity contribution in [1.82, 2.24) is 10.1 Å². The number of amides is 1. The van der Waals surface area contributed by atoms with Gasteiger partial charge in [-0.2, -0.15) is 0 Å². The molecule has 0 aliphatic carbocycles. The molecule has 0 spiro atoms. The molecule has 6 heteroatoms. The Labute approximate surface area is 117 Å². The second-order valence-corrected chi connectivity index (χ2v) is 5.59. The third kappa shape index (κ3) is 2.69. The molecule has 1 aromatic rings. The van der Waals surface area contributed by atoms with Gasteiger partial charge in [-0.3, -0.25) is 9.59 Å². The molecule has 0 aromatic carbocycles. The molecule has 0 saturated carbocycles. The van der Waals surface area contributed by atoms with E-state index >= 15 is 0 Å². The highest BCUT2D eigenvalue weighted by Crippen LogP contribution is 2.26. The first-order valence-corrected chi connectivity index (χ1v) is 6.90. The van der Waals surface area contributed by atoms with Gasteiger partial charge in [-0.15, -0.1) is 0 Å². The lowest BCUT2D eigenvalue weighted by molar-refractivity contribution is -0.143. The number of likely N-dealkylation sites (tertiary alicyclic amines) is 1. The molecular formula is C14H20N2O4.